The van der Waals surface area contributed by atoms with E-state index in [2.05, 4.69) is 0 Å². The van der Waals surface area contributed by atoms with Crippen LogP contribution in [-0.2, 0) is 0 Å². The summed E-state index contributed by atoms with van der Waals surface area (Å²) in [6.07, 6.45) is 0. The topological polar surface area (TPSA) is 144 Å². The third-order valence-corrected chi connectivity index (χ3v) is 1.76. The van der Waals surface area contributed by atoms with E-state index in [9.17, 15) is 0 Å². The minimum atomic E-state index is -2.42. The van der Waals surface area contributed by atoms with Crippen LogP contribution in [0, 0.1) is 0 Å². The molecule has 21 heavy (non-hydrogen) atoms. The Morgan fingerprint density at radius 3 is 0.857 bits per heavy atom. The molecule has 0 unspecified atom stereocenters. The number of para-hydroxylation sites is 4. The van der Waals surface area contributed by atoms with Gasteiger partial charge in [-0.1, -0.05) is 24.3 Å². The van der Waals surface area contributed by atoms with E-state index >= 15 is 0 Å². The number of phenolic OH excluding ortho intramolecular Hbond substituents is 4. The fourth-order valence-corrected chi connectivity index (χ4v) is 0.928. The first-order valence-corrected chi connectivity index (χ1v) is 5.30. The second kappa shape index (κ2) is 12.0. The van der Waals surface area contributed by atoms with Gasteiger partial charge in [0.2, 0.25) is 0 Å². The zero-order valence-electron chi connectivity index (χ0n) is 11.3. The second-order valence-electron chi connectivity index (χ2n) is 3.30. The maximum atomic E-state index is 8.67. The van der Waals surface area contributed by atoms with Crippen LogP contribution < -0.4 is 23.9 Å². The average Bonchev–Trinajstić information content (AvgIpc) is 2.37. The Bertz CT molecular complexity index is 422. The van der Waals surface area contributed by atoms with Crippen molar-refractivity contribution in [1.82, 2.24) is 0 Å². The molecule has 0 atom stereocenters. The third kappa shape index (κ3) is 11.7. The van der Waals surface area contributed by atoms with E-state index in [0.29, 0.717) is 0 Å². The Morgan fingerprint density at radius 2 is 0.762 bits per heavy atom. The van der Waals surface area contributed by atoms with Gasteiger partial charge in [0, 0.05) is 0 Å². The van der Waals surface area contributed by atoms with Crippen molar-refractivity contribution >= 4 is 7.32 Å². The summed E-state index contributed by atoms with van der Waals surface area (Å²) in [5, 5.41) is 57.4. The molecular formula is C12H14BLiO7. The maximum absolute atomic E-state index is 8.67. The summed E-state index contributed by atoms with van der Waals surface area (Å²) < 4.78 is 0. The van der Waals surface area contributed by atoms with Crippen LogP contribution in [0.4, 0.5) is 0 Å². The molecule has 0 saturated carbocycles. The Labute approximate surface area is 133 Å². The molecule has 2 rings (SSSR count). The maximum Gasteiger partial charge on any atom is 1.00 e. The quantitative estimate of drug-likeness (QED) is 0.218. The summed E-state index contributed by atoms with van der Waals surface area (Å²) in [4.78, 5) is 0. The Balaban J connectivity index is 0. The van der Waals surface area contributed by atoms with Gasteiger partial charge < -0.3 is 35.5 Å². The van der Waals surface area contributed by atoms with Gasteiger partial charge >= 0.3 is 26.2 Å². The van der Waals surface area contributed by atoms with Crippen molar-refractivity contribution in [1.29, 1.82) is 0 Å². The summed E-state index contributed by atoms with van der Waals surface area (Å²) >= 11 is 0. The summed E-state index contributed by atoms with van der Waals surface area (Å²) in [5.41, 5.74) is 0. The molecule has 2 aromatic rings. The minimum Gasteiger partial charge on any atom is -0.832 e. The van der Waals surface area contributed by atoms with Gasteiger partial charge in [0.15, 0.2) is 23.0 Å². The van der Waals surface area contributed by atoms with Gasteiger partial charge in [0.1, 0.15) is 0 Å². The van der Waals surface area contributed by atoms with Crippen LogP contribution in [0.2, 0.25) is 0 Å². The van der Waals surface area contributed by atoms with E-state index in [0.717, 1.165) is 0 Å². The van der Waals surface area contributed by atoms with Gasteiger partial charge in [-0.25, -0.2) is 0 Å². The first-order valence-electron chi connectivity index (χ1n) is 5.30. The molecule has 0 radical (unpaired) electrons. The Morgan fingerprint density at radius 1 is 0.619 bits per heavy atom. The molecule has 0 amide bonds. The summed E-state index contributed by atoms with van der Waals surface area (Å²) in [6, 6.07) is 12.3. The number of phenols is 4. The van der Waals surface area contributed by atoms with Gasteiger partial charge in [-0.2, -0.15) is 0 Å². The van der Waals surface area contributed by atoms with Crippen molar-refractivity contribution in [2.45, 2.75) is 0 Å². The van der Waals surface area contributed by atoms with E-state index in [4.69, 9.17) is 35.5 Å². The zero-order chi connectivity index (χ0) is 15.5. The van der Waals surface area contributed by atoms with E-state index in [-0.39, 0.29) is 41.9 Å². The molecule has 0 aliphatic heterocycles. The van der Waals surface area contributed by atoms with E-state index < -0.39 is 7.32 Å². The zero-order valence-corrected chi connectivity index (χ0v) is 11.3. The fourth-order valence-electron chi connectivity index (χ4n) is 0.928. The molecule has 0 bridgehead atoms. The van der Waals surface area contributed by atoms with E-state index in [1.54, 1.807) is 24.3 Å². The van der Waals surface area contributed by atoms with Gasteiger partial charge in [0.25, 0.3) is 0 Å². The van der Waals surface area contributed by atoms with E-state index in [1.165, 1.54) is 24.3 Å². The molecule has 0 fully saturated rings. The van der Waals surface area contributed by atoms with Crippen LogP contribution in [0.25, 0.3) is 0 Å². The van der Waals surface area contributed by atoms with Crippen molar-refractivity contribution in [3.8, 4) is 23.0 Å². The molecule has 0 saturated heterocycles. The molecule has 0 aliphatic carbocycles. The predicted molar refractivity (Wildman–Crippen MR) is 69.7 cm³/mol. The predicted octanol–water partition coefficient (Wildman–Crippen LogP) is -3.48. The fraction of sp³-hybridized carbons (Fsp3) is 0. The van der Waals surface area contributed by atoms with Crippen LogP contribution in [-0.4, -0.2) is 37.8 Å². The third-order valence-electron chi connectivity index (χ3n) is 1.76. The largest absolute Gasteiger partial charge is 1.00 e. The van der Waals surface area contributed by atoms with Crippen molar-refractivity contribution in [2.24, 2.45) is 0 Å². The SMILES string of the molecule is Oc1ccccc1O.Oc1ccccc1O.[Li+].[O-]B(O)O. The molecule has 108 valence electrons. The van der Waals surface area contributed by atoms with Crippen LogP contribution >= 0.6 is 0 Å². The molecule has 0 spiro atoms. The summed E-state index contributed by atoms with van der Waals surface area (Å²) in [6.45, 7) is 0. The first-order chi connectivity index (χ1) is 9.34. The van der Waals surface area contributed by atoms with Gasteiger partial charge in [-0.3, -0.25) is 0 Å². The van der Waals surface area contributed by atoms with Crippen LogP contribution in [0.15, 0.2) is 48.5 Å². The molecule has 0 heterocycles. The van der Waals surface area contributed by atoms with Gasteiger partial charge in [-0.15, -0.1) is 0 Å². The molecular weight excluding hydrogens is 274 g/mol. The van der Waals surface area contributed by atoms with Crippen molar-refractivity contribution < 1.29 is 54.4 Å². The van der Waals surface area contributed by atoms with Crippen molar-refractivity contribution in [3.63, 3.8) is 0 Å². The molecule has 0 aromatic heterocycles. The number of benzene rings is 2. The summed E-state index contributed by atoms with van der Waals surface area (Å²) in [5.74, 6) is -0.306. The molecule has 9 heteroatoms. The molecule has 2 aromatic carbocycles. The Kier molecular flexibility index (Phi) is 12.2. The number of rotatable bonds is 0. The molecule has 7 nitrogen and oxygen atoms in total. The van der Waals surface area contributed by atoms with Crippen LogP contribution in [0.1, 0.15) is 0 Å². The summed E-state index contributed by atoms with van der Waals surface area (Å²) in [7, 11) is -2.42. The molecule has 0 aliphatic rings. The van der Waals surface area contributed by atoms with Crippen LogP contribution in [0.5, 0.6) is 23.0 Å². The Hall–Kier alpha value is -1.82. The number of aromatic hydroxyl groups is 4. The number of hydrogen-bond donors (Lipinski definition) is 6. The minimum absolute atomic E-state index is 0. The second-order valence-corrected chi connectivity index (χ2v) is 3.30. The number of hydrogen-bond acceptors (Lipinski definition) is 7. The van der Waals surface area contributed by atoms with Gasteiger partial charge in [0.05, 0.1) is 0 Å². The van der Waals surface area contributed by atoms with E-state index in [1.807, 2.05) is 0 Å². The smallest absolute Gasteiger partial charge is 0.832 e. The molecule has 6 N–H and O–H groups in total. The van der Waals surface area contributed by atoms with Crippen molar-refractivity contribution in [3.05, 3.63) is 48.5 Å². The first kappa shape index (κ1) is 21.5. The monoisotopic (exact) mass is 288 g/mol. The standard InChI is InChI=1S/2C6H6O2.BH2O3.Li/c2*7-5-3-1-2-4-6(5)8;2-1(3)4;/h2*1-4,7-8H;2-3H;/q;;-1;+1. The van der Waals surface area contributed by atoms with Crippen molar-refractivity contribution in [2.75, 3.05) is 0 Å². The van der Waals surface area contributed by atoms with Gasteiger partial charge in [-0.05, 0) is 24.3 Å². The normalized spacial score (nSPS) is 8.14. The van der Waals surface area contributed by atoms with Crippen LogP contribution in [0.3, 0.4) is 0 Å². The average molecular weight is 288 g/mol.